The Morgan fingerprint density at radius 1 is 1.38 bits per heavy atom. The molecule has 8 heteroatoms. The van der Waals surface area contributed by atoms with E-state index >= 15 is 0 Å². The molecule has 0 spiro atoms. The molecule has 1 saturated heterocycles. The Hall–Kier alpha value is -2.09. The zero-order valence-electron chi connectivity index (χ0n) is 11.0. The van der Waals surface area contributed by atoms with E-state index in [1.165, 1.54) is 18.2 Å². The van der Waals surface area contributed by atoms with E-state index in [2.05, 4.69) is 31.9 Å². The number of carboxylic acid groups (broad SMARTS) is 1. The summed E-state index contributed by atoms with van der Waals surface area (Å²) >= 11 is 3.23. The molecule has 4 N–H and O–H groups in total. The fraction of sp³-hybridized carbons (Fsp3) is 0.308. The molecule has 7 nitrogen and oxygen atoms in total. The maximum Gasteiger partial charge on any atom is 0.335 e. The number of urea groups is 1. The first kappa shape index (κ1) is 15.3. The van der Waals surface area contributed by atoms with Gasteiger partial charge in [-0.1, -0.05) is 0 Å². The van der Waals surface area contributed by atoms with Gasteiger partial charge in [-0.25, -0.2) is 9.59 Å². The average Bonchev–Trinajstić information content (AvgIpc) is 2.43. The zero-order valence-corrected chi connectivity index (χ0v) is 12.6. The predicted octanol–water partition coefficient (Wildman–Crippen LogP) is 1.55. The molecule has 1 atom stereocenters. The van der Waals surface area contributed by atoms with Crippen LogP contribution in [0.3, 0.4) is 0 Å². The van der Waals surface area contributed by atoms with E-state index in [0.29, 0.717) is 23.1 Å². The molecule has 1 aliphatic heterocycles. The van der Waals surface area contributed by atoms with Gasteiger partial charge in [-0.15, -0.1) is 0 Å². The second-order valence-corrected chi connectivity index (χ2v) is 5.44. The summed E-state index contributed by atoms with van der Waals surface area (Å²) in [6, 6.07) is 3.17. The molecule has 1 fully saturated rings. The Balaban J connectivity index is 2.03. The van der Waals surface area contributed by atoms with E-state index in [9.17, 15) is 14.4 Å². The van der Waals surface area contributed by atoms with Crippen molar-refractivity contribution in [3.05, 3.63) is 28.2 Å². The molecule has 2 rings (SSSR count). The highest BCUT2D eigenvalue weighted by Gasteiger charge is 2.23. The van der Waals surface area contributed by atoms with Crippen LogP contribution in [0, 0.1) is 0 Å². The molecule has 112 valence electrons. The minimum atomic E-state index is -1.09. The molecule has 1 aromatic carbocycles. The highest BCUT2D eigenvalue weighted by molar-refractivity contribution is 9.10. The van der Waals surface area contributed by atoms with Crippen LogP contribution in [0.2, 0.25) is 0 Å². The van der Waals surface area contributed by atoms with E-state index in [0.717, 1.165) is 6.42 Å². The van der Waals surface area contributed by atoms with E-state index in [1.807, 2.05) is 0 Å². The number of amides is 3. The van der Waals surface area contributed by atoms with Gasteiger partial charge in [0, 0.05) is 11.0 Å². The van der Waals surface area contributed by atoms with Crippen LogP contribution in [0.1, 0.15) is 23.2 Å². The third-order valence-corrected chi connectivity index (χ3v) is 3.74. The Kier molecular flexibility index (Phi) is 4.79. The van der Waals surface area contributed by atoms with Crippen molar-refractivity contribution in [2.24, 2.45) is 0 Å². The van der Waals surface area contributed by atoms with Crippen molar-refractivity contribution < 1.29 is 19.5 Å². The predicted molar refractivity (Wildman–Crippen MR) is 79.3 cm³/mol. The van der Waals surface area contributed by atoms with Crippen LogP contribution in [0.4, 0.5) is 10.5 Å². The fourth-order valence-corrected chi connectivity index (χ4v) is 2.33. The van der Waals surface area contributed by atoms with Crippen molar-refractivity contribution in [3.63, 3.8) is 0 Å². The highest BCUT2D eigenvalue weighted by Crippen LogP contribution is 2.23. The molecular weight excluding hydrogens is 342 g/mol. The molecule has 0 bridgehead atoms. The zero-order chi connectivity index (χ0) is 15.4. The third-order valence-electron chi connectivity index (χ3n) is 3.05. The van der Waals surface area contributed by atoms with Gasteiger partial charge in [-0.05, 0) is 47.0 Å². The van der Waals surface area contributed by atoms with Crippen LogP contribution in [-0.2, 0) is 4.79 Å². The summed E-state index contributed by atoms with van der Waals surface area (Å²) in [6.07, 6.45) is 1.38. The van der Waals surface area contributed by atoms with Crippen molar-refractivity contribution in [3.8, 4) is 0 Å². The third kappa shape index (κ3) is 3.94. The summed E-state index contributed by atoms with van der Waals surface area (Å²) in [5.74, 6) is -1.30. The van der Waals surface area contributed by atoms with Crippen molar-refractivity contribution in [2.75, 3.05) is 11.9 Å². The van der Waals surface area contributed by atoms with Crippen LogP contribution in [-0.4, -0.2) is 35.6 Å². The van der Waals surface area contributed by atoms with Crippen LogP contribution in [0.25, 0.3) is 0 Å². The maximum absolute atomic E-state index is 11.9. The first-order valence-corrected chi connectivity index (χ1v) is 7.15. The first-order valence-electron chi connectivity index (χ1n) is 6.35. The molecule has 1 aliphatic rings. The topological polar surface area (TPSA) is 108 Å². The fourth-order valence-electron chi connectivity index (χ4n) is 1.98. The number of rotatable bonds is 3. The van der Waals surface area contributed by atoms with Gasteiger partial charge < -0.3 is 21.1 Å². The quantitative estimate of drug-likeness (QED) is 0.659. The summed E-state index contributed by atoms with van der Waals surface area (Å²) in [7, 11) is 0. The molecule has 21 heavy (non-hydrogen) atoms. The second kappa shape index (κ2) is 6.57. The molecule has 0 saturated carbocycles. The lowest BCUT2D eigenvalue weighted by Gasteiger charge is -2.23. The average molecular weight is 356 g/mol. The largest absolute Gasteiger partial charge is 0.478 e. The van der Waals surface area contributed by atoms with Gasteiger partial charge in [0.1, 0.15) is 6.04 Å². The van der Waals surface area contributed by atoms with Gasteiger partial charge in [0.2, 0.25) is 5.91 Å². The number of hydrogen-bond donors (Lipinski definition) is 4. The lowest BCUT2D eigenvalue weighted by Crippen LogP contribution is -2.51. The lowest BCUT2D eigenvalue weighted by molar-refractivity contribution is -0.124. The highest BCUT2D eigenvalue weighted by atomic mass is 79.9. The number of carbonyl (C=O) groups excluding carboxylic acids is 2. The van der Waals surface area contributed by atoms with E-state index < -0.39 is 18.0 Å². The van der Waals surface area contributed by atoms with Crippen LogP contribution in [0.15, 0.2) is 22.7 Å². The van der Waals surface area contributed by atoms with E-state index in [4.69, 9.17) is 5.11 Å². The van der Waals surface area contributed by atoms with Gasteiger partial charge in [0.15, 0.2) is 0 Å². The van der Waals surface area contributed by atoms with Crippen LogP contribution >= 0.6 is 15.9 Å². The molecule has 1 heterocycles. The second-order valence-electron chi connectivity index (χ2n) is 4.58. The van der Waals surface area contributed by atoms with E-state index in [-0.39, 0.29) is 11.5 Å². The summed E-state index contributed by atoms with van der Waals surface area (Å²) in [6.45, 7) is 0.616. The number of anilines is 1. The van der Waals surface area contributed by atoms with Gasteiger partial charge in [0.25, 0.3) is 0 Å². The number of hydrogen-bond acceptors (Lipinski definition) is 3. The van der Waals surface area contributed by atoms with Crippen LogP contribution in [0.5, 0.6) is 0 Å². The van der Waals surface area contributed by atoms with Crippen molar-refractivity contribution in [1.29, 1.82) is 0 Å². The molecular formula is C13H14BrN3O4. The Morgan fingerprint density at radius 2 is 2.14 bits per heavy atom. The van der Waals surface area contributed by atoms with Crippen LogP contribution < -0.4 is 16.0 Å². The summed E-state index contributed by atoms with van der Waals surface area (Å²) < 4.78 is 0.552. The van der Waals surface area contributed by atoms with Gasteiger partial charge in [-0.2, -0.15) is 0 Å². The normalized spacial score (nSPS) is 17.8. The monoisotopic (exact) mass is 355 g/mol. The molecule has 1 unspecified atom stereocenters. The summed E-state index contributed by atoms with van der Waals surface area (Å²) in [5, 5.41) is 16.7. The number of aromatic carboxylic acids is 1. The molecule has 0 aromatic heterocycles. The number of carboxylic acids is 1. The van der Waals surface area contributed by atoms with Gasteiger partial charge in [-0.3, -0.25) is 4.79 Å². The standard InChI is InChI=1S/C13H14BrN3O4/c14-8-4-3-7(12(19)20)6-10(8)17-13(21)16-9-2-1-5-15-11(9)18/h3-4,6,9H,1-2,5H2,(H,15,18)(H,19,20)(H2,16,17,21). The SMILES string of the molecule is O=C(Nc1cc(C(=O)O)ccc1Br)NC1CCCNC1=O. The number of piperidine rings is 1. The molecule has 3 amide bonds. The smallest absolute Gasteiger partial charge is 0.335 e. The Bertz CT molecular complexity index is 591. The number of nitrogens with one attached hydrogen (secondary N) is 3. The van der Waals surface area contributed by atoms with Gasteiger partial charge >= 0.3 is 12.0 Å². The first-order chi connectivity index (χ1) is 9.97. The number of benzene rings is 1. The number of halogens is 1. The molecule has 1 aromatic rings. The lowest BCUT2D eigenvalue weighted by atomic mass is 10.1. The Morgan fingerprint density at radius 3 is 2.81 bits per heavy atom. The van der Waals surface area contributed by atoms with Crippen molar-refractivity contribution >= 4 is 39.5 Å². The molecule has 0 aliphatic carbocycles. The minimum absolute atomic E-state index is 0.0592. The summed E-state index contributed by atoms with van der Waals surface area (Å²) in [5.41, 5.74) is 0.382. The molecule has 0 radical (unpaired) electrons. The minimum Gasteiger partial charge on any atom is -0.478 e. The van der Waals surface area contributed by atoms with Crippen molar-refractivity contribution in [2.45, 2.75) is 18.9 Å². The van der Waals surface area contributed by atoms with Gasteiger partial charge in [0.05, 0.1) is 11.3 Å². The van der Waals surface area contributed by atoms with E-state index in [1.54, 1.807) is 0 Å². The van der Waals surface area contributed by atoms with Crippen molar-refractivity contribution in [1.82, 2.24) is 10.6 Å². The summed E-state index contributed by atoms with van der Waals surface area (Å²) in [4.78, 5) is 34.4. The Labute approximate surface area is 129 Å². The maximum atomic E-state index is 11.9. The number of carbonyl (C=O) groups is 3.